The lowest BCUT2D eigenvalue weighted by Gasteiger charge is -2.47. The number of fused-ring (bicyclic) bond motifs is 1. The Bertz CT molecular complexity index is 1070. The van der Waals surface area contributed by atoms with E-state index in [1.165, 1.54) is 25.3 Å². The molecule has 0 spiro atoms. The van der Waals surface area contributed by atoms with E-state index in [4.69, 9.17) is 28.4 Å². The Morgan fingerprint density at radius 1 is 1.03 bits per heavy atom. The number of phenols is 1. The molecule has 2 fully saturated rings. The molecule has 0 radical (unpaired) electrons. The number of carbonyl (C=O) groups excluding carboxylic acids is 2. The molecule has 2 saturated heterocycles. The average molecular weight is 553 g/mol. The number of phenolic OH excluding ortho intramolecular Hbond substituents is 1. The zero-order chi connectivity index (χ0) is 28.3. The minimum atomic E-state index is -1.71. The molecule has 3 heterocycles. The Morgan fingerprint density at radius 3 is 2.44 bits per heavy atom. The van der Waals surface area contributed by atoms with Gasteiger partial charge in [0.1, 0.15) is 36.8 Å². The van der Waals surface area contributed by atoms with Gasteiger partial charge in [-0.2, -0.15) is 0 Å². The van der Waals surface area contributed by atoms with Crippen molar-refractivity contribution in [2.24, 2.45) is 11.8 Å². The number of hydrogen-bond donors (Lipinski definition) is 5. The van der Waals surface area contributed by atoms with Gasteiger partial charge in [-0.25, -0.2) is 9.59 Å². The normalized spacial score (nSPS) is 36.4. The van der Waals surface area contributed by atoms with Gasteiger partial charge in [0, 0.05) is 18.4 Å². The van der Waals surface area contributed by atoms with E-state index in [1.807, 2.05) is 0 Å². The highest BCUT2D eigenvalue weighted by molar-refractivity contribution is 5.89. The van der Waals surface area contributed by atoms with Crippen LogP contribution >= 0.6 is 0 Å². The third-order valence-corrected chi connectivity index (χ3v) is 6.93. The molecule has 10 atom stereocenters. The fourth-order valence-corrected chi connectivity index (χ4v) is 4.86. The molecule has 1 aromatic rings. The molecule has 0 saturated carbocycles. The second-order valence-electron chi connectivity index (χ2n) is 9.49. The molecular formula is C26H32O13. The van der Waals surface area contributed by atoms with Gasteiger partial charge in [-0.15, -0.1) is 0 Å². The van der Waals surface area contributed by atoms with Crippen LogP contribution in [0.3, 0.4) is 0 Å². The van der Waals surface area contributed by atoms with Gasteiger partial charge in [-0.3, -0.25) is 0 Å². The molecule has 5 N–H and O–H groups in total. The van der Waals surface area contributed by atoms with Gasteiger partial charge >= 0.3 is 11.9 Å². The Balaban J connectivity index is 1.42. The molecule has 0 amide bonds. The van der Waals surface area contributed by atoms with Crippen LogP contribution in [0.5, 0.6) is 5.75 Å². The fraction of sp³-hybridized carbons (Fsp3) is 0.538. The van der Waals surface area contributed by atoms with Gasteiger partial charge in [0.25, 0.3) is 0 Å². The Morgan fingerprint density at radius 2 is 1.74 bits per heavy atom. The van der Waals surface area contributed by atoms with Crippen LogP contribution < -0.4 is 0 Å². The summed E-state index contributed by atoms with van der Waals surface area (Å²) in [6.45, 7) is 1.18. The van der Waals surface area contributed by atoms with Crippen LogP contribution in [-0.4, -0.2) is 101 Å². The summed E-state index contributed by atoms with van der Waals surface area (Å²) < 4.78 is 32.6. The maximum atomic E-state index is 12.3. The Labute approximate surface area is 223 Å². The van der Waals surface area contributed by atoms with Crippen LogP contribution in [0.1, 0.15) is 18.9 Å². The number of hydrogen-bond acceptors (Lipinski definition) is 13. The molecule has 0 aliphatic carbocycles. The van der Waals surface area contributed by atoms with Crippen LogP contribution in [0.15, 0.2) is 42.2 Å². The van der Waals surface area contributed by atoms with Crippen LogP contribution in [0, 0.1) is 11.8 Å². The molecule has 13 heteroatoms. The molecule has 39 heavy (non-hydrogen) atoms. The van der Waals surface area contributed by atoms with Crippen LogP contribution in [0.4, 0.5) is 0 Å². The summed E-state index contributed by atoms with van der Waals surface area (Å²) in [7, 11) is 1.22. The van der Waals surface area contributed by atoms with Crippen molar-refractivity contribution in [3.8, 4) is 5.75 Å². The van der Waals surface area contributed by atoms with E-state index in [9.17, 15) is 35.1 Å². The summed E-state index contributed by atoms with van der Waals surface area (Å²) in [6.07, 6.45) is -6.89. The van der Waals surface area contributed by atoms with Gasteiger partial charge in [-0.1, -0.05) is 12.1 Å². The lowest BCUT2D eigenvalue weighted by atomic mass is 9.77. The largest absolute Gasteiger partial charge is 0.508 e. The number of benzene rings is 1. The first-order valence-corrected chi connectivity index (χ1v) is 12.4. The Hall–Kier alpha value is -3.04. The smallest absolute Gasteiger partial charge is 0.337 e. The quantitative estimate of drug-likeness (QED) is 0.216. The maximum absolute atomic E-state index is 12.3. The SMILES string of the molecule is COC(=O)C1=CO[C@H](O[C@@H]2O[C@H](COC(=O)C=Cc3ccc(O)cc3)[C@@H](O)[C@H](O)[C@H]2O)[C@@H]2[C@H](C)O[C@@H](O)C[C@H]12. The minimum Gasteiger partial charge on any atom is -0.508 e. The van der Waals surface area contributed by atoms with Gasteiger partial charge in [-0.05, 0) is 30.7 Å². The molecule has 0 aromatic heterocycles. The van der Waals surface area contributed by atoms with Gasteiger partial charge in [0.05, 0.1) is 31.0 Å². The molecule has 1 aromatic carbocycles. The maximum Gasteiger partial charge on any atom is 0.337 e. The van der Waals surface area contributed by atoms with Crippen molar-refractivity contribution < 1.29 is 63.5 Å². The summed E-state index contributed by atoms with van der Waals surface area (Å²) in [5.41, 5.74) is 0.816. The lowest BCUT2D eigenvalue weighted by molar-refractivity contribution is -0.352. The van der Waals surface area contributed by atoms with Crippen LogP contribution in [0.25, 0.3) is 6.08 Å². The molecule has 3 aliphatic heterocycles. The first-order chi connectivity index (χ1) is 18.6. The summed E-state index contributed by atoms with van der Waals surface area (Å²) in [5.74, 6) is -2.52. The first kappa shape index (κ1) is 29.0. The molecule has 4 rings (SSSR count). The topological polar surface area (TPSA) is 191 Å². The van der Waals surface area contributed by atoms with Crippen molar-refractivity contribution in [3.63, 3.8) is 0 Å². The molecule has 3 aliphatic rings. The highest BCUT2D eigenvalue weighted by Crippen LogP contribution is 2.42. The van der Waals surface area contributed by atoms with Crippen molar-refractivity contribution in [1.82, 2.24) is 0 Å². The third kappa shape index (κ3) is 6.58. The molecule has 0 bridgehead atoms. The highest BCUT2D eigenvalue weighted by atomic mass is 16.8. The van der Waals surface area contributed by atoms with E-state index < -0.39 is 79.8 Å². The predicted molar refractivity (Wildman–Crippen MR) is 129 cm³/mol. The van der Waals surface area contributed by atoms with E-state index in [0.717, 1.165) is 12.3 Å². The number of esters is 2. The zero-order valence-corrected chi connectivity index (χ0v) is 21.2. The highest BCUT2D eigenvalue weighted by Gasteiger charge is 2.51. The van der Waals surface area contributed by atoms with Crippen molar-refractivity contribution in [2.45, 2.75) is 62.7 Å². The molecule has 13 nitrogen and oxygen atoms in total. The Kier molecular flexibility index (Phi) is 9.23. The van der Waals surface area contributed by atoms with Crippen molar-refractivity contribution in [1.29, 1.82) is 0 Å². The van der Waals surface area contributed by atoms with E-state index in [0.29, 0.717) is 5.56 Å². The summed E-state index contributed by atoms with van der Waals surface area (Å²) in [6, 6.07) is 6.09. The van der Waals surface area contributed by atoms with Crippen molar-refractivity contribution >= 4 is 18.0 Å². The number of ether oxygens (including phenoxy) is 6. The average Bonchev–Trinajstić information content (AvgIpc) is 2.91. The lowest BCUT2D eigenvalue weighted by Crippen LogP contribution is -2.61. The van der Waals surface area contributed by atoms with Gasteiger partial charge in [0.15, 0.2) is 12.6 Å². The first-order valence-electron chi connectivity index (χ1n) is 12.4. The number of rotatable bonds is 7. The summed E-state index contributed by atoms with van der Waals surface area (Å²) >= 11 is 0. The van der Waals surface area contributed by atoms with E-state index in [-0.39, 0.29) is 17.7 Å². The van der Waals surface area contributed by atoms with Gasteiger partial charge in [0.2, 0.25) is 6.29 Å². The van der Waals surface area contributed by atoms with Crippen molar-refractivity contribution in [2.75, 3.05) is 13.7 Å². The minimum absolute atomic E-state index is 0.0603. The fourth-order valence-electron chi connectivity index (χ4n) is 4.86. The van der Waals surface area contributed by atoms with Crippen LogP contribution in [-0.2, 0) is 38.0 Å². The van der Waals surface area contributed by atoms with E-state index in [2.05, 4.69) is 0 Å². The standard InChI is InChI=1S/C26H32O13/c1-12-20-15(9-19(29)37-12)16(24(33)34-2)10-36-25(20)39-26-23(32)22(31)21(30)17(38-26)11-35-18(28)8-5-13-3-6-14(27)7-4-13/h3-8,10,12,15,17,19-23,25-27,29-32H,9,11H2,1-2H3/t12-,15+,17+,19+,20+,21+,22-,23+,25+,26-/m0/s1. The zero-order valence-electron chi connectivity index (χ0n) is 21.2. The van der Waals surface area contributed by atoms with Gasteiger partial charge < -0.3 is 54.0 Å². The molecular weight excluding hydrogens is 520 g/mol. The van der Waals surface area contributed by atoms with Crippen LogP contribution in [0.2, 0.25) is 0 Å². The summed E-state index contributed by atoms with van der Waals surface area (Å²) in [5, 5.41) is 50.8. The van der Waals surface area contributed by atoms with E-state index in [1.54, 1.807) is 19.1 Å². The second kappa shape index (κ2) is 12.4. The third-order valence-electron chi connectivity index (χ3n) is 6.93. The number of aromatic hydroxyl groups is 1. The number of aliphatic hydroxyl groups excluding tert-OH is 4. The second-order valence-corrected chi connectivity index (χ2v) is 9.49. The molecule has 0 unspecified atom stereocenters. The van der Waals surface area contributed by atoms with Crippen molar-refractivity contribution in [3.05, 3.63) is 47.7 Å². The number of carbonyl (C=O) groups is 2. The van der Waals surface area contributed by atoms with E-state index >= 15 is 0 Å². The molecule has 214 valence electrons. The number of aliphatic hydroxyl groups is 4. The summed E-state index contributed by atoms with van der Waals surface area (Å²) in [4.78, 5) is 24.4. The monoisotopic (exact) mass is 552 g/mol. The number of methoxy groups -OCH3 is 1. The predicted octanol–water partition coefficient (Wildman–Crippen LogP) is -0.454.